The van der Waals surface area contributed by atoms with Crippen LogP contribution in [0.3, 0.4) is 0 Å². The highest BCUT2D eigenvalue weighted by molar-refractivity contribution is 5.92. The second-order valence-electron chi connectivity index (χ2n) is 7.85. The molecule has 0 unspecified atom stereocenters. The number of carbonyl (C=O) groups excluding carboxylic acids is 1. The van der Waals surface area contributed by atoms with E-state index in [1.165, 1.54) is 5.69 Å². The molecule has 0 atom stereocenters. The van der Waals surface area contributed by atoms with Gasteiger partial charge >= 0.3 is 0 Å². The Balaban J connectivity index is 1.30. The predicted molar refractivity (Wildman–Crippen MR) is 115 cm³/mol. The van der Waals surface area contributed by atoms with Crippen LogP contribution in [0.25, 0.3) is 0 Å². The van der Waals surface area contributed by atoms with Crippen molar-refractivity contribution in [3.05, 3.63) is 41.7 Å². The first-order chi connectivity index (χ1) is 14.1. The van der Waals surface area contributed by atoms with Crippen LogP contribution in [0.2, 0.25) is 0 Å². The third-order valence-corrected chi connectivity index (χ3v) is 5.63. The monoisotopic (exact) mass is 395 g/mol. The summed E-state index contributed by atoms with van der Waals surface area (Å²) < 4.78 is 5.40. The highest BCUT2D eigenvalue weighted by Gasteiger charge is 2.26. The standard InChI is InChI=1S/C22H29N5O2/c1-16-15-17(2)24-22(23-16)27-9-7-18(8-10-27)21(28)25-19-3-5-20(6-4-19)26-11-13-29-14-12-26/h3-6,15,18H,7-14H2,1-2H3,(H,25,28). The van der Waals surface area contributed by atoms with Crippen molar-refractivity contribution in [1.82, 2.24) is 9.97 Å². The van der Waals surface area contributed by atoms with Gasteiger partial charge in [-0.2, -0.15) is 0 Å². The van der Waals surface area contributed by atoms with Gasteiger partial charge in [0.2, 0.25) is 11.9 Å². The second kappa shape index (κ2) is 8.78. The Morgan fingerprint density at radius 3 is 2.21 bits per heavy atom. The summed E-state index contributed by atoms with van der Waals surface area (Å²) in [4.78, 5) is 26.3. The Hall–Kier alpha value is -2.67. The fourth-order valence-corrected chi connectivity index (χ4v) is 4.01. The number of benzene rings is 1. The van der Waals surface area contributed by atoms with Crippen LogP contribution in [0.15, 0.2) is 30.3 Å². The molecule has 2 fully saturated rings. The molecule has 2 aliphatic heterocycles. The van der Waals surface area contributed by atoms with Gasteiger partial charge < -0.3 is 19.9 Å². The Morgan fingerprint density at radius 2 is 1.59 bits per heavy atom. The van der Waals surface area contributed by atoms with Gasteiger partial charge in [-0.15, -0.1) is 0 Å². The maximum Gasteiger partial charge on any atom is 0.227 e. The van der Waals surface area contributed by atoms with Crippen LogP contribution in [0.1, 0.15) is 24.2 Å². The van der Waals surface area contributed by atoms with E-state index in [2.05, 4.69) is 37.2 Å². The average Bonchev–Trinajstić information content (AvgIpc) is 2.74. The number of hydrogen-bond acceptors (Lipinski definition) is 6. The zero-order valence-electron chi connectivity index (χ0n) is 17.2. The minimum Gasteiger partial charge on any atom is -0.378 e. The Kier molecular flexibility index (Phi) is 5.94. The molecule has 2 aromatic rings. The first-order valence-corrected chi connectivity index (χ1v) is 10.4. The van der Waals surface area contributed by atoms with Crippen molar-refractivity contribution in [1.29, 1.82) is 0 Å². The number of morpholine rings is 1. The van der Waals surface area contributed by atoms with Gasteiger partial charge in [0.15, 0.2) is 0 Å². The maximum atomic E-state index is 12.7. The molecule has 0 radical (unpaired) electrons. The first kappa shape index (κ1) is 19.6. The van der Waals surface area contributed by atoms with Gasteiger partial charge in [0.25, 0.3) is 0 Å². The summed E-state index contributed by atoms with van der Waals surface area (Å²) in [5.74, 6) is 0.904. The number of nitrogens with one attached hydrogen (secondary N) is 1. The minimum absolute atomic E-state index is 0.0241. The molecule has 2 aliphatic rings. The molecular weight excluding hydrogens is 366 g/mol. The van der Waals surface area contributed by atoms with E-state index in [4.69, 9.17) is 4.74 Å². The summed E-state index contributed by atoms with van der Waals surface area (Å²) in [6.45, 7) is 8.94. The molecule has 1 aromatic heterocycles. The lowest BCUT2D eigenvalue weighted by atomic mass is 9.96. The van der Waals surface area contributed by atoms with E-state index in [1.54, 1.807) is 0 Å². The van der Waals surface area contributed by atoms with Gasteiger partial charge in [-0.1, -0.05) is 0 Å². The predicted octanol–water partition coefficient (Wildman–Crippen LogP) is 2.79. The molecule has 3 heterocycles. The molecular formula is C22H29N5O2. The molecule has 0 bridgehead atoms. The number of ether oxygens (including phenoxy) is 1. The Bertz CT molecular complexity index is 821. The van der Waals surface area contributed by atoms with E-state index in [-0.39, 0.29) is 11.8 Å². The molecule has 1 aromatic carbocycles. The Morgan fingerprint density at radius 1 is 0.966 bits per heavy atom. The normalized spacial score (nSPS) is 18.0. The molecule has 0 spiro atoms. The zero-order valence-corrected chi connectivity index (χ0v) is 17.2. The smallest absolute Gasteiger partial charge is 0.227 e. The van der Waals surface area contributed by atoms with Crippen molar-refractivity contribution in [2.45, 2.75) is 26.7 Å². The van der Waals surface area contributed by atoms with E-state index in [1.807, 2.05) is 32.0 Å². The summed E-state index contributed by atoms with van der Waals surface area (Å²) >= 11 is 0. The van der Waals surface area contributed by atoms with Gasteiger partial charge in [-0.3, -0.25) is 4.79 Å². The van der Waals surface area contributed by atoms with E-state index < -0.39 is 0 Å². The quantitative estimate of drug-likeness (QED) is 0.858. The average molecular weight is 396 g/mol. The summed E-state index contributed by atoms with van der Waals surface area (Å²) in [6, 6.07) is 10.1. The lowest BCUT2D eigenvalue weighted by Gasteiger charge is -2.31. The topological polar surface area (TPSA) is 70.6 Å². The number of nitrogens with zero attached hydrogens (tertiary/aromatic N) is 4. The van der Waals surface area contributed by atoms with Crippen LogP contribution in [-0.2, 0) is 9.53 Å². The molecule has 0 saturated carbocycles. The van der Waals surface area contributed by atoms with Gasteiger partial charge in [-0.05, 0) is 57.0 Å². The number of rotatable bonds is 4. The number of piperidine rings is 1. The number of aromatic nitrogens is 2. The fourth-order valence-electron chi connectivity index (χ4n) is 4.01. The highest BCUT2D eigenvalue weighted by Crippen LogP contribution is 2.24. The maximum absolute atomic E-state index is 12.7. The molecule has 154 valence electrons. The van der Waals surface area contributed by atoms with Crippen molar-refractivity contribution in [2.75, 3.05) is 54.5 Å². The van der Waals surface area contributed by atoms with Crippen molar-refractivity contribution < 1.29 is 9.53 Å². The van der Waals surface area contributed by atoms with Crippen molar-refractivity contribution in [3.63, 3.8) is 0 Å². The number of hydrogen-bond donors (Lipinski definition) is 1. The number of carbonyl (C=O) groups is 1. The van der Waals surface area contributed by atoms with Crippen LogP contribution < -0.4 is 15.1 Å². The SMILES string of the molecule is Cc1cc(C)nc(N2CCC(C(=O)Nc3ccc(N4CCOCC4)cc3)CC2)n1. The fraction of sp³-hybridized carbons (Fsp3) is 0.500. The van der Waals surface area contributed by atoms with Crippen LogP contribution in [-0.4, -0.2) is 55.3 Å². The third kappa shape index (κ3) is 4.85. The van der Waals surface area contributed by atoms with Crippen LogP contribution in [0.4, 0.5) is 17.3 Å². The van der Waals surface area contributed by atoms with Crippen molar-refractivity contribution >= 4 is 23.2 Å². The van der Waals surface area contributed by atoms with E-state index in [0.29, 0.717) is 0 Å². The minimum atomic E-state index is 0.0241. The van der Waals surface area contributed by atoms with E-state index >= 15 is 0 Å². The molecule has 7 nitrogen and oxygen atoms in total. The molecule has 1 amide bonds. The zero-order chi connectivity index (χ0) is 20.2. The number of amides is 1. The summed E-state index contributed by atoms with van der Waals surface area (Å²) in [6.07, 6.45) is 1.63. The highest BCUT2D eigenvalue weighted by atomic mass is 16.5. The van der Waals surface area contributed by atoms with E-state index in [0.717, 1.165) is 75.3 Å². The van der Waals surface area contributed by atoms with Crippen molar-refractivity contribution in [2.24, 2.45) is 5.92 Å². The van der Waals surface area contributed by atoms with E-state index in [9.17, 15) is 4.79 Å². The van der Waals surface area contributed by atoms with Gasteiger partial charge in [0.05, 0.1) is 13.2 Å². The first-order valence-electron chi connectivity index (χ1n) is 10.4. The summed E-state index contributed by atoms with van der Waals surface area (Å²) in [5, 5.41) is 3.08. The lowest BCUT2D eigenvalue weighted by Crippen LogP contribution is -2.39. The molecule has 1 N–H and O–H groups in total. The largest absolute Gasteiger partial charge is 0.378 e. The molecule has 2 saturated heterocycles. The lowest BCUT2D eigenvalue weighted by molar-refractivity contribution is -0.120. The van der Waals surface area contributed by atoms with Gasteiger partial charge in [0.1, 0.15) is 0 Å². The molecule has 4 rings (SSSR count). The van der Waals surface area contributed by atoms with Crippen LogP contribution >= 0.6 is 0 Å². The van der Waals surface area contributed by atoms with Crippen LogP contribution in [0, 0.1) is 19.8 Å². The third-order valence-electron chi connectivity index (χ3n) is 5.63. The number of anilines is 3. The summed E-state index contributed by atoms with van der Waals surface area (Å²) in [5.41, 5.74) is 3.99. The molecule has 29 heavy (non-hydrogen) atoms. The van der Waals surface area contributed by atoms with Crippen LogP contribution in [0.5, 0.6) is 0 Å². The van der Waals surface area contributed by atoms with Gasteiger partial charge in [0, 0.05) is 54.9 Å². The molecule has 0 aliphatic carbocycles. The summed E-state index contributed by atoms with van der Waals surface area (Å²) in [7, 11) is 0. The van der Waals surface area contributed by atoms with Gasteiger partial charge in [-0.25, -0.2) is 9.97 Å². The number of aryl methyl sites for hydroxylation is 2. The molecule has 7 heteroatoms. The second-order valence-corrected chi connectivity index (χ2v) is 7.85. The van der Waals surface area contributed by atoms with Crippen molar-refractivity contribution in [3.8, 4) is 0 Å². The Labute approximate surface area is 172 Å².